The molecule has 1 unspecified atom stereocenters. The van der Waals surface area contributed by atoms with E-state index in [-0.39, 0.29) is 17.8 Å². The molecular formula is C27H40N8O4. The summed E-state index contributed by atoms with van der Waals surface area (Å²) in [6.45, 7) is 10.4. The summed E-state index contributed by atoms with van der Waals surface area (Å²) in [5, 5.41) is 2.67. The van der Waals surface area contributed by atoms with Gasteiger partial charge in [0.1, 0.15) is 18.2 Å². The van der Waals surface area contributed by atoms with Crippen molar-refractivity contribution in [2.75, 3.05) is 57.7 Å². The van der Waals surface area contributed by atoms with Gasteiger partial charge in [0.05, 0.1) is 11.2 Å². The predicted octanol–water partition coefficient (Wildman–Crippen LogP) is 0.694. The zero-order valence-electron chi connectivity index (χ0n) is 23.0. The number of carbonyl (C=O) groups excluding carboxylic acids is 2. The van der Waals surface area contributed by atoms with Gasteiger partial charge in [-0.1, -0.05) is 0 Å². The molecule has 0 bridgehead atoms. The third-order valence-electron chi connectivity index (χ3n) is 7.32. The lowest BCUT2D eigenvalue weighted by Gasteiger charge is -2.37. The standard InChI is InChI=1S/C27H40N8O4/c1-19(34-10-8-20(16-28)17-34)18-39-22-6-4-21(5-7-22)35-11-9-23(31-26(35)38)30-25(37)33-14-12-32(13-15-33)24(36)27(2,3)29/h4-7,9,11,19-20H,8,10,12-18,28-29H2,1-3H3,(H,30,31,37,38)/t19?,20-/m1/s1. The van der Waals surface area contributed by atoms with Crippen molar-refractivity contribution in [2.45, 2.75) is 38.8 Å². The SMILES string of the molecule is CC(COc1ccc(-n2ccc(NC(=O)N3CCN(C(=O)C(C)(C)N)CC3)nc2=O)cc1)N1CC[C@H](CN)C1. The number of nitrogens with zero attached hydrogens (tertiary/aromatic N) is 5. The number of hydrogen-bond acceptors (Lipinski definition) is 8. The Labute approximate surface area is 228 Å². The average Bonchev–Trinajstić information content (AvgIpc) is 3.41. The van der Waals surface area contributed by atoms with E-state index in [1.807, 2.05) is 12.1 Å². The van der Waals surface area contributed by atoms with Crippen LogP contribution < -0.4 is 27.2 Å². The largest absolute Gasteiger partial charge is 0.492 e. The summed E-state index contributed by atoms with van der Waals surface area (Å²) >= 11 is 0. The number of amides is 3. The number of nitrogens with two attached hydrogens (primary N) is 2. The second-order valence-corrected chi connectivity index (χ2v) is 10.9. The number of anilines is 1. The molecule has 0 aliphatic carbocycles. The number of aromatic nitrogens is 2. The van der Waals surface area contributed by atoms with E-state index in [1.165, 1.54) is 4.57 Å². The number of rotatable bonds is 8. The molecule has 2 aliphatic rings. The van der Waals surface area contributed by atoms with Gasteiger partial charge in [-0.05, 0) is 76.5 Å². The molecule has 2 aliphatic heterocycles. The number of carbonyl (C=O) groups is 2. The molecule has 12 nitrogen and oxygen atoms in total. The van der Waals surface area contributed by atoms with E-state index in [0.29, 0.717) is 50.4 Å². The Bertz CT molecular complexity index is 1200. The zero-order chi connectivity index (χ0) is 28.2. The number of benzene rings is 1. The number of likely N-dealkylation sites (tertiary alicyclic amines) is 1. The van der Waals surface area contributed by atoms with Gasteiger partial charge in [0.25, 0.3) is 0 Å². The molecule has 4 rings (SSSR count). The maximum atomic E-state index is 12.7. The molecule has 5 N–H and O–H groups in total. The van der Waals surface area contributed by atoms with E-state index < -0.39 is 11.2 Å². The minimum atomic E-state index is -0.952. The molecule has 3 amide bonds. The topological polar surface area (TPSA) is 152 Å². The van der Waals surface area contributed by atoms with E-state index in [2.05, 4.69) is 22.1 Å². The predicted molar refractivity (Wildman–Crippen MR) is 149 cm³/mol. The van der Waals surface area contributed by atoms with Gasteiger partial charge >= 0.3 is 11.7 Å². The maximum Gasteiger partial charge on any atom is 0.354 e. The van der Waals surface area contributed by atoms with Gasteiger partial charge < -0.3 is 26.0 Å². The first-order valence-electron chi connectivity index (χ1n) is 13.5. The molecule has 2 aromatic rings. The fourth-order valence-electron chi connectivity index (χ4n) is 4.86. The Morgan fingerprint density at radius 3 is 2.36 bits per heavy atom. The summed E-state index contributed by atoms with van der Waals surface area (Å²) in [4.78, 5) is 47.4. The van der Waals surface area contributed by atoms with Crippen LogP contribution in [0.3, 0.4) is 0 Å². The van der Waals surface area contributed by atoms with E-state index in [9.17, 15) is 14.4 Å². The molecule has 2 fully saturated rings. The third-order valence-corrected chi connectivity index (χ3v) is 7.32. The minimum absolute atomic E-state index is 0.148. The molecule has 12 heteroatoms. The molecule has 2 saturated heterocycles. The number of urea groups is 1. The van der Waals surface area contributed by atoms with Crippen LogP contribution in [0.2, 0.25) is 0 Å². The van der Waals surface area contributed by atoms with Crippen LogP contribution in [0.5, 0.6) is 5.75 Å². The van der Waals surface area contributed by atoms with Crippen molar-refractivity contribution < 1.29 is 14.3 Å². The molecular weight excluding hydrogens is 500 g/mol. The first kappa shape index (κ1) is 28.5. The lowest BCUT2D eigenvalue weighted by molar-refractivity contribution is -0.137. The van der Waals surface area contributed by atoms with Crippen LogP contribution in [0.15, 0.2) is 41.3 Å². The summed E-state index contributed by atoms with van der Waals surface area (Å²) in [7, 11) is 0. The number of hydrogen-bond donors (Lipinski definition) is 3. The Balaban J connectivity index is 1.28. The number of piperazine rings is 1. The Morgan fingerprint density at radius 1 is 1.10 bits per heavy atom. The second kappa shape index (κ2) is 12.1. The lowest BCUT2D eigenvalue weighted by atomic mass is 10.1. The first-order chi connectivity index (χ1) is 18.5. The summed E-state index contributed by atoms with van der Waals surface area (Å²) in [5.41, 5.74) is 10.9. The summed E-state index contributed by atoms with van der Waals surface area (Å²) in [6.07, 6.45) is 2.71. The fraction of sp³-hybridized carbons (Fsp3) is 0.556. The lowest BCUT2D eigenvalue weighted by Crippen LogP contribution is -2.58. The Kier molecular flexibility index (Phi) is 8.88. The van der Waals surface area contributed by atoms with Crippen molar-refractivity contribution in [2.24, 2.45) is 17.4 Å². The van der Waals surface area contributed by atoms with Crippen LogP contribution in [-0.2, 0) is 4.79 Å². The van der Waals surface area contributed by atoms with Crippen LogP contribution in [0.1, 0.15) is 27.2 Å². The van der Waals surface area contributed by atoms with Gasteiger partial charge in [0, 0.05) is 45.0 Å². The van der Waals surface area contributed by atoms with Crippen molar-refractivity contribution in [3.8, 4) is 11.4 Å². The Morgan fingerprint density at radius 2 is 1.77 bits per heavy atom. The summed E-state index contributed by atoms with van der Waals surface area (Å²) < 4.78 is 7.37. The highest BCUT2D eigenvalue weighted by Gasteiger charge is 2.31. The van der Waals surface area contributed by atoms with Crippen LogP contribution in [0.25, 0.3) is 5.69 Å². The molecule has 3 heterocycles. The van der Waals surface area contributed by atoms with Gasteiger partial charge in [-0.15, -0.1) is 0 Å². The first-order valence-corrected chi connectivity index (χ1v) is 13.5. The second-order valence-electron chi connectivity index (χ2n) is 10.9. The van der Waals surface area contributed by atoms with Crippen LogP contribution in [0.4, 0.5) is 10.6 Å². The summed E-state index contributed by atoms with van der Waals surface area (Å²) in [6, 6.07) is 8.74. The highest BCUT2D eigenvalue weighted by molar-refractivity contribution is 5.89. The van der Waals surface area contributed by atoms with Gasteiger partial charge in [-0.3, -0.25) is 19.6 Å². The van der Waals surface area contributed by atoms with Crippen molar-refractivity contribution >= 4 is 17.8 Å². The van der Waals surface area contributed by atoms with Crippen molar-refractivity contribution in [3.05, 3.63) is 47.0 Å². The number of nitrogens with one attached hydrogen (secondary N) is 1. The Hall–Kier alpha value is -3.48. The van der Waals surface area contributed by atoms with Gasteiger partial charge in [0.2, 0.25) is 5.91 Å². The van der Waals surface area contributed by atoms with E-state index in [4.69, 9.17) is 16.2 Å². The van der Waals surface area contributed by atoms with Gasteiger partial charge in [-0.2, -0.15) is 4.98 Å². The van der Waals surface area contributed by atoms with Gasteiger partial charge in [-0.25, -0.2) is 9.59 Å². The average molecular weight is 541 g/mol. The van der Waals surface area contributed by atoms with Crippen LogP contribution in [-0.4, -0.2) is 100 Å². The summed E-state index contributed by atoms with van der Waals surface area (Å²) in [5.74, 6) is 1.30. The molecule has 212 valence electrons. The quantitative estimate of drug-likeness (QED) is 0.442. The molecule has 1 aromatic heterocycles. The highest BCUT2D eigenvalue weighted by atomic mass is 16.5. The monoisotopic (exact) mass is 540 g/mol. The normalized spacial score (nSPS) is 19.2. The zero-order valence-corrected chi connectivity index (χ0v) is 23.0. The van der Waals surface area contributed by atoms with Crippen molar-refractivity contribution in [1.29, 1.82) is 0 Å². The van der Waals surface area contributed by atoms with Crippen LogP contribution in [0, 0.1) is 5.92 Å². The highest BCUT2D eigenvalue weighted by Crippen LogP contribution is 2.20. The molecule has 39 heavy (non-hydrogen) atoms. The van der Waals surface area contributed by atoms with Gasteiger partial charge in [0.15, 0.2) is 0 Å². The van der Waals surface area contributed by atoms with Crippen molar-refractivity contribution in [1.82, 2.24) is 24.3 Å². The van der Waals surface area contributed by atoms with E-state index >= 15 is 0 Å². The molecule has 2 atom stereocenters. The molecule has 1 aromatic carbocycles. The van der Waals surface area contributed by atoms with Crippen molar-refractivity contribution in [3.63, 3.8) is 0 Å². The maximum absolute atomic E-state index is 12.7. The molecule has 0 saturated carbocycles. The smallest absolute Gasteiger partial charge is 0.354 e. The minimum Gasteiger partial charge on any atom is -0.492 e. The molecule has 0 spiro atoms. The fourth-order valence-corrected chi connectivity index (χ4v) is 4.86. The van der Waals surface area contributed by atoms with Crippen LogP contribution >= 0.6 is 0 Å². The van der Waals surface area contributed by atoms with E-state index in [0.717, 1.165) is 31.8 Å². The number of ether oxygens (including phenoxy) is 1. The molecule has 0 radical (unpaired) electrons. The third kappa shape index (κ3) is 7.14. The van der Waals surface area contributed by atoms with E-state index in [1.54, 1.807) is 48.0 Å².